The van der Waals surface area contributed by atoms with Gasteiger partial charge in [-0.25, -0.2) is 10.5 Å². The summed E-state index contributed by atoms with van der Waals surface area (Å²) in [7, 11) is 0. The van der Waals surface area contributed by atoms with Crippen LogP contribution in [-0.4, -0.2) is 21.1 Å². The number of amides is 1. The zero-order valence-corrected chi connectivity index (χ0v) is 12.0. The van der Waals surface area contributed by atoms with Crippen LogP contribution in [0.5, 0.6) is 0 Å². The summed E-state index contributed by atoms with van der Waals surface area (Å²) in [5.74, 6) is 0.0349. The third-order valence-corrected chi connectivity index (χ3v) is 3.78. The van der Waals surface area contributed by atoms with Crippen LogP contribution in [0.25, 0.3) is 22.4 Å². The summed E-state index contributed by atoms with van der Waals surface area (Å²) in [6.45, 7) is 0. The molecule has 0 saturated carbocycles. The van der Waals surface area contributed by atoms with Crippen LogP contribution in [0.2, 0.25) is 10.0 Å². The molecule has 21 heavy (non-hydrogen) atoms. The van der Waals surface area contributed by atoms with Crippen LogP contribution in [0, 0.1) is 0 Å². The SMILES string of the molecule is O=C(NO)c1ccc2nc(-c3ccc(Cl)c(Cl)c3)[nH]c2c1. The molecule has 0 atom stereocenters. The first-order valence-electron chi connectivity index (χ1n) is 5.98. The number of hydroxylamine groups is 1. The lowest BCUT2D eigenvalue weighted by Crippen LogP contribution is -2.18. The van der Waals surface area contributed by atoms with Crippen LogP contribution in [0.1, 0.15) is 10.4 Å². The molecule has 106 valence electrons. The molecule has 0 aliphatic heterocycles. The van der Waals surface area contributed by atoms with E-state index in [4.69, 9.17) is 28.4 Å². The lowest BCUT2D eigenvalue weighted by Gasteiger charge is -1.99. The van der Waals surface area contributed by atoms with E-state index in [9.17, 15) is 4.79 Å². The second-order valence-corrected chi connectivity index (χ2v) is 5.20. The topological polar surface area (TPSA) is 78.0 Å². The third-order valence-electron chi connectivity index (χ3n) is 3.04. The molecule has 0 spiro atoms. The Bertz CT molecular complexity index is 845. The fourth-order valence-electron chi connectivity index (χ4n) is 2.00. The summed E-state index contributed by atoms with van der Waals surface area (Å²) < 4.78 is 0. The van der Waals surface area contributed by atoms with Crippen molar-refractivity contribution in [2.75, 3.05) is 0 Å². The molecule has 2 aromatic carbocycles. The molecule has 1 amide bonds. The van der Waals surface area contributed by atoms with Crippen LogP contribution in [0.15, 0.2) is 36.4 Å². The summed E-state index contributed by atoms with van der Waals surface area (Å²) in [6.07, 6.45) is 0. The lowest BCUT2D eigenvalue weighted by molar-refractivity contribution is 0.0706. The van der Waals surface area contributed by atoms with Gasteiger partial charge >= 0.3 is 0 Å². The maximum absolute atomic E-state index is 11.4. The first-order chi connectivity index (χ1) is 10.1. The van der Waals surface area contributed by atoms with Gasteiger partial charge in [0, 0.05) is 11.1 Å². The summed E-state index contributed by atoms with van der Waals surface area (Å²) in [5.41, 5.74) is 4.08. The number of H-pyrrole nitrogens is 1. The largest absolute Gasteiger partial charge is 0.338 e. The summed E-state index contributed by atoms with van der Waals surface area (Å²) in [5, 5.41) is 9.56. The van der Waals surface area contributed by atoms with E-state index < -0.39 is 5.91 Å². The van der Waals surface area contributed by atoms with Gasteiger partial charge in [0.2, 0.25) is 0 Å². The second kappa shape index (κ2) is 5.37. The number of halogens is 2. The highest BCUT2D eigenvalue weighted by molar-refractivity contribution is 6.42. The second-order valence-electron chi connectivity index (χ2n) is 4.39. The van der Waals surface area contributed by atoms with E-state index in [0.29, 0.717) is 32.5 Å². The van der Waals surface area contributed by atoms with Gasteiger partial charge < -0.3 is 4.98 Å². The number of aromatic amines is 1. The molecule has 3 rings (SSSR count). The highest BCUT2D eigenvalue weighted by atomic mass is 35.5. The first kappa shape index (κ1) is 13.9. The van der Waals surface area contributed by atoms with Crippen LogP contribution in [-0.2, 0) is 0 Å². The molecular formula is C14H9Cl2N3O2. The highest BCUT2D eigenvalue weighted by Crippen LogP contribution is 2.28. The van der Waals surface area contributed by atoms with E-state index in [-0.39, 0.29) is 0 Å². The van der Waals surface area contributed by atoms with Crippen molar-refractivity contribution < 1.29 is 10.0 Å². The number of nitrogens with one attached hydrogen (secondary N) is 2. The van der Waals surface area contributed by atoms with Gasteiger partial charge in [0.25, 0.3) is 5.91 Å². The number of hydrogen-bond acceptors (Lipinski definition) is 3. The highest BCUT2D eigenvalue weighted by Gasteiger charge is 2.10. The van der Waals surface area contributed by atoms with Gasteiger partial charge in [0.05, 0.1) is 21.1 Å². The fourth-order valence-corrected chi connectivity index (χ4v) is 2.29. The average Bonchev–Trinajstić information content (AvgIpc) is 2.92. The maximum Gasteiger partial charge on any atom is 0.274 e. The van der Waals surface area contributed by atoms with Gasteiger partial charge in [-0.3, -0.25) is 10.0 Å². The number of rotatable bonds is 2. The Balaban J connectivity index is 2.08. The Labute approximate surface area is 129 Å². The zero-order valence-electron chi connectivity index (χ0n) is 10.5. The number of nitrogens with zero attached hydrogens (tertiary/aromatic N) is 1. The summed E-state index contributed by atoms with van der Waals surface area (Å²) >= 11 is 11.9. The van der Waals surface area contributed by atoms with Crippen molar-refractivity contribution in [2.45, 2.75) is 0 Å². The molecule has 0 aliphatic carbocycles. The fraction of sp³-hybridized carbons (Fsp3) is 0. The van der Waals surface area contributed by atoms with E-state index in [1.54, 1.807) is 41.9 Å². The Morgan fingerprint density at radius 1 is 1.14 bits per heavy atom. The van der Waals surface area contributed by atoms with Gasteiger partial charge in [0.1, 0.15) is 5.82 Å². The number of imidazole rings is 1. The number of benzene rings is 2. The predicted molar refractivity (Wildman–Crippen MR) is 80.8 cm³/mol. The van der Waals surface area contributed by atoms with Crippen LogP contribution in [0.3, 0.4) is 0 Å². The van der Waals surface area contributed by atoms with E-state index in [2.05, 4.69) is 9.97 Å². The van der Waals surface area contributed by atoms with Crippen molar-refractivity contribution >= 4 is 40.1 Å². The molecule has 0 aliphatic rings. The number of hydrogen-bond donors (Lipinski definition) is 3. The number of carbonyl (C=O) groups excluding carboxylic acids is 1. The molecule has 3 N–H and O–H groups in total. The summed E-state index contributed by atoms with van der Waals surface area (Å²) in [4.78, 5) is 18.9. The molecule has 0 saturated heterocycles. The zero-order chi connectivity index (χ0) is 15.0. The number of fused-ring (bicyclic) bond motifs is 1. The van der Waals surface area contributed by atoms with Gasteiger partial charge in [-0.15, -0.1) is 0 Å². The minimum absolute atomic E-state index is 0.328. The monoisotopic (exact) mass is 321 g/mol. The molecule has 0 bridgehead atoms. The Kier molecular flexibility index (Phi) is 3.55. The minimum atomic E-state index is -0.581. The molecular weight excluding hydrogens is 313 g/mol. The Hall–Kier alpha value is -2.08. The van der Waals surface area contributed by atoms with Crippen molar-refractivity contribution in [3.05, 3.63) is 52.0 Å². The molecule has 3 aromatic rings. The molecule has 0 radical (unpaired) electrons. The van der Waals surface area contributed by atoms with Crippen LogP contribution >= 0.6 is 23.2 Å². The lowest BCUT2D eigenvalue weighted by atomic mass is 10.2. The predicted octanol–water partition coefficient (Wildman–Crippen LogP) is 3.66. The van der Waals surface area contributed by atoms with E-state index >= 15 is 0 Å². The van der Waals surface area contributed by atoms with Gasteiger partial charge in [0.15, 0.2) is 0 Å². The molecule has 1 aromatic heterocycles. The van der Waals surface area contributed by atoms with Crippen molar-refractivity contribution in [1.29, 1.82) is 0 Å². The number of carbonyl (C=O) groups is 1. The average molecular weight is 322 g/mol. The molecule has 0 fully saturated rings. The van der Waals surface area contributed by atoms with Crippen molar-refractivity contribution in [2.24, 2.45) is 0 Å². The van der Waals surface area contributed by atoms with Gasteiger partial charge in [-0.2, -0.15) is 0 Å². The van der Waals surface area contributed by atoms with Crippen molar-refractivity contribution in [3.63, 3.8) is 0 Å². The Morgan fingerprint density at radius 3 is 2.67 bits per heavy atom. The Morgan fingerprint density at radius 2 is 1.95 bits per heavy atom. The standard InChI is InChI=1S/C14H9Cl2N3O2/c15-9-3-1-7(5-10(9)16)13-17-11-4-2-8(14(20)19-21)6-12(11)18-13/h1-6,21H,(H,17,18)(H,19,20). The van der Waals surface area contributed by atoms with E-state index in [0.717, 1.165) is 5.56 Å². The first-order valence-corrected chi connectivity index (χ1v) is 6.73. The third kappa shape index (κ3) is 2.58. The normalized spacial score (nSPS) is 10.8. The van der Waals surface area contributed by atoms with Crippen LogP contribution in [0.4, 0.5) is 0 Å². The van der Waals surface area contributed by atoms with E-state index in [1.165, 1.54) is 0 Å². The molecule has 5 nitrogen and oxygen atoms in total. The maximum atomic E-state index is 11.4. The summed E-state index contributed by atoms with van der Waals surface area (Å²) in [6, 6.07) is 10.1. The van der Waals surface area contributed by atoms with Crippen molar-refractivity contribution in [1.82, 2.24) is 15.4 Å². The molecule has 7 heteroatoms. The smallest absolute Gasteiger partial charge is 0.274 e. The van der Waals surface area contributed by atoms with Gasteiger partial charge in [-0.1, -0.05) is 23.2 Å². The van der Waals surface area contributed by atoms with Crippen molar-refractivity contribution in [3.8, 4) is 11.4 Å². The molecule has 1 heterocycles. The van der Waals surface area contributed by atoms with Crippen LogP contribution < -0.4 is 5.48 Å². The quantitative estimate of drug-likeness (QED) is 0.498. The molecule has 0 unspecified atom stereocenters. The van der Waals surface area contributed by atoms with Gasteiger partial charge in [-0.05, 0) is 36.4 Å². The minimum Gasteiger partial charge on any atom is -0.338 e. The van der Waals surface area contributed by atoms with E-state index in [1.807, 2.05) is 0 Å². The number of aromatic nitrogens is 2.